The molecule has 2 heterocycles. The van der Waals surface area contributed by atoms with Crippen LogP contribution in [0.2, 0.25) is 0 Å². The number of carbonyl (C=O) groups is 1. The summed E-state index contributed by atoms with van der Waals surface area (Å²) in [5.74, 6) is -0.0850. The van der Waals surface area contributed by atoms with Gasteiger partial charge < -0.3 is 15.5 Å². The van der Waals surface area contributed by atoms with Gasteiger partial charge in [-0.15, -0.1) is 0 Å². The van der Waals surface area contributed by atoms with Gasteiger partial charge in [-0.05, 0) is 51.0 Å². The molecule has 0 bridgehead atoms. The summed E-state index contributed by atoms with van der Waals surface area (Å²) in [7, 11) is 2.11. The van der Waals surface area contributed by atoms with E-state index in [1.54, 1.807) is 0 Å². The summed E-state index contributed by atoms with van der Waals surface area (Å²) in [4.78, 5) is 14.5. The Morgan fingerprint density at radius 3 is 2.96 bits per heavy atom. The van der Waals surface area contributed by atoms with Crippen LogP contribution in [-0.2, 0) is 6.54 Å². The van der Waals surface area contributed by atoms with Crippen molar-refractivity contribution in [3.63, 3.8) is 0 Å². The first-order chi connectivity index (χ1) is 12.7. The van der Waals surface area contributed by atoms with Crippen molar-refractivity contribution in [3.8, 4) is 0 Å². The van der Waals surface area contributed by atoms with Crippen molar-refractivity contribution in [2.75, 3.05) is 33.2 Å². The monoisotopic (exact) mass is 355 g/mol. The van der Waals surface area contributed by atoms with Crippen LogP contribution in [0.1, 0.15) is 41.4 Å². The van der Waals surface area contributed by atoms with Gasteiger partial charge in [0.15, 0.2) is 0 Å². The molecular formula is C20H29N5O. The van der Waals surface area contributed by atoms with E-state index in [0.717, 1.165) is 45.4 Å². The Kier molecular flexibility index (Phi) is 6.80. The van der Waals surface area contributed by atoms with E-state index in [-0.39, 0.29) is 5.91 Å². The highest BCUT2D eigenvalue weighted by molar-refractivity contribution is 5.92. The van der Waals surface area contributed by atoms with Crippen molar-refractivity contribution in [1.82, 2.24) is 25.3 Å². The highest BCUT2D eigenvalue weighted by Gasteiger charge is 2.17. The second kappa shape index (κ2) is 9.50. The fourth-order valence-electron chi connectivity index (χ4n) is 3.34. The summed E-state index contributed by atoms with van der Waals surface area (Å²) in [5, 5.41) is 10.8. The third-order valence-electron chi connectivity index (χ3n) is 4.78. The Labute approximate surface area is 155 Å². The van der Waals surface area contributed by atoms with Crippen LogP contribution < -0.4 is 10.6 Å². The molecule has 1 amide bonds. The first-order valence-corrected chi connectivity index (χ1v) is 9.49. The molecule has 26 heavy (non-hydrogen) atoms. The Hall–Kier alpha value is -2.18. The number of nitrogens with zero attached hydrogens (tertiary/aromatic N) is 3. The molecule has 2 aromatic rings. The maximum absolute atomic E-state index is 12.3. The first-order valence-electron chi connectivity index (χ1n) is 9.49. The number of piperidine rings is 1. The SMILES string of the molecule is CN(CCCNC(=O)c1ccn(C2CCCNC2)n1)Cc1ccccc1. The van der Waals surface area contributed by atoms with Crippen molar-refractivity contribution in [3.05, 3.63) is 53.9 Å². The lowest BCUT2D eigenvalue weighted by molar-refractivity contribution is 0.0945. The second-order valence-corrected chi connectivity index (χ2v) is 7.01. The van der Waals surface area contributed by atoms with Crippen LogP contribution in [0, 0.1) is 0 Å². The first kappa shape index (κ1) is 18.6. The minimum Gasteiger partial charge on any atom is -0.351 e. The van der Waals surface area contributed by atoms with E-state index >= 15 is 0 Å². The summed E-state index contributed by atoms with van der Waals surface area (Å²) in [5.41, 5.74) is 1.81. The van der Waals surface area contributed by atoms with Crippen LogP contribution in [0.3, 0.4) is 0 Å². The number of hydrogen-bond donors (Lipinski definition) is 2. The molecule has 2 N–H and O–H groups in total. The molecule has 1 saturated heterocycles. The molecular weight excluding hydrogens is 326 g/mol. The zero-order chi connectivity index (χ0) is 18.2. The van der Waals surface area contributed by atoms with Gasteiger partial charge in [-0.1, -0.05) is 30.3 Å². The Morgan fingerprint density at radius 2 is 2.19 bits per heavy atom. The fourth-order valence-corrected chi connectivity index (χ4v) is 3.34. The van der Waals surface area contributed by atoms with E-state index < -0.39 is 0 Å². The van der Waals surface area contributed by atoms with Gasteiger partial charge in [0.25, 0.3) is 5.91 Å². The predicted octanol–water partition coefficient (Wildman–Crippen LogP) is 2.06. The quantitative estimate of drug-likeness (QED) is 0.712. The topological polar surface area (TPSA) is 62.2 Å². The summed E-state index contributed by atoms with van der Waals surface area (Å²) in [6, 6.07) is 12.6. The number of carbonyl (C=O) groups excluding carboxylic acids is 1. The summed E-state index contributed by atoms with van der Waals surface area (Å²) in [6.45, 7) is 4.53. The molecule has 3 rings (SSSR count). The average molecular weight is 355 g/mol. The van der Waals surface area contributed by atoms with E-state index in [2.05, 4.69) is 51.9 Å². The molecule has 1 aromatic carbocycles. The van der Waals surface area contributed by atoms with Crippen LogP contribution in [0.15, 0.2) is 42.6 Å². The van der Waals surface area contributed by atoms with Crippen LogP contribution in [-0.4, -0.2) is 53.8 Å². The molecule has 0 saturated carbocycles. The molecule has 1 fully saturated rings. The van der Waals surface area contributed by atoms with Gasteiger partial charge in [-0.2, -0.15) is 5.10 Å². The largest absolute Gasteiger partial charge is 0.351 e. The van der Waals surface area contributed by atoms with Crippen molar-refractivity contribution in [2.24, 2.45) is 0 Å². The average Bonchev–Trinajstić information content (AvgIpc) is 3.17. The molecule has 0 radical (unpaired) electrons. The number of rotatable bonds is 8. The van der Waals surface area contributed by atoms with E-state index in [1.807, 2.05) is 23.0 Å². The molecule has 140 valence electrons. The van der Waals surface area contributed by atoms with Gasteiger partial charge >= 0.3 is 0 Å². The van der Waals surface area contributed by atoms with E-state index in [9.17, 15) is 4.79 Å². The lowest BCUT2D eigenvalue weighted by Crippen LogP contribution is -2.32. The molecule has 6 nitrogen and oxygen atoms in total. The van der Waals surface area contributed by atoms with Crippen molar-refractivity contribution < 1.29 is 4.79 Å². The van der Waals surface area contributed by atoms with E-state index in [1.165, 1.54) is 5.56 Å². The van der Waals surface area contributed by atoms with Gasteiger partial charge in [0, 0.05) is 25.8 Å². The van der Waals surface area contributed by atoms with Crippen LogP contribution in [0.25, 0.3) is 0 Å². The Balaban J connectivity index is 1.37. The van der Waals surface area contributed by atoms with Crippen molar-refractivity contribution in [2.45, 2.75) is 31.8 Å². The molecule has 0 aliphatic carbocycles. The Bertz CT molecular complexity index is 679. The lowest BCUT2D eigenvalue weighted by atomic mass is 10.1. The third-order valence-corrected chi connectivity index (χ3v) is 4.78. The molecule has 1 aliphatic rings. The van der Waals surface area contributed by atoms with Gasteiger partial charge in [-0.3, -0.25) is 9.48 Å². The fraction of sp³-hybridized carbons (Fsp3) is 0.500. The summed E-state index contributed by atoms with van der Waals surface area (Å²) in [6.07, 6.45) is 5.11. The maximum Gasteiger partial charge on any atom is 0.271 e. The smallest absolute Gasteiger partial charge is 0.271 e. The lowest BCUT2D eigenvalue weighted by Gasteiger charge is -2.22. The normalized spacial score (nSPS) is 17.4. The molecule has 1 aliphatic heterocycles. The Morgan fingerprint density at radius 1 is 1.35 bits per heavy atom. The summed E-state index contributed by atoms with van der Waals surface area (Å²) >= 11 is 0. The number of benzene rings is 1. The zero-order valence-electron chi connectivity index (χ0n) is 15.5. The van der Waals surface area contributed by atoms with Crippen molar-refractivity contribution >= 4 is 5.91 Å². The molecule has 1 aromatic heterocycles. The highest BCUT2D eigenvalue weighted by atomic mass is 16.1. The molecule has 6 heteroatoms. The molecule has 1 atom stereocenters. The second-order valence-electron chi connectivity index (χ2n) is 7.01. The highest BCUT2D eigenvalue weighted by Crippen LogP contribution is 2.15. The van der Waals surface area contributed by atoms with Crippen LogP contribution in [0.4, 0.5) is 0 Å². The van der Waals surface area contributed by atoms with Crippen molar-refractivity contribution in [1.29, 1.82) is 0 Å². The van der Waals surface area contributed by atoms with Crippen LogP contribution in [0.5, 0.6) is 0 Å². The zero-order valence-corrected chi connectivity index (χ0v) is 15.5. The van der Waals surface area contributed by atoms with Crippen LogP contribution >= 0.6 is 0 Å². The summed E-state index contributed by atoms with van der Waals surface area (Å²) < 4.78 is 1.93. The van der Waals surface area contributed by atoms with E-state index in [0.29, 0.717) is 18.3 Å². The van der Waals surface area contributed by atoms with Gasteiger partial charge in [0.1, 0.15) is 5.69 Å². The van der Waals surface area contributed by atoms with Gasteiger partial charge in [-0.25, -0.2) is 0 Å². The minimum absolute atomic E-state index is 0.0850. The van der Waals surface area contributed by atoms with Gasteiger partial charge in [0.05, 0.1) is 6.04 Å². The van der Waals surface area contributed by atoms with Gasteiger partial charge in [0.2, 0.25) is 0 Å². The number of nitrogens with one attached hydrogen (secondary N) is 2. The maximum atomic E-state index is 12.3. The number of hydrogen-bond acceptors (Lipinski definition) is 4. The third kappa shape index (κ3) is 5.41. The number of aromatic nitrogens is 2. The minimum atomic E-state index is -0.0850. The molecule has 0 spiro atoms. The van der Waals surface area contributed by atoms with E-state index in [4.69, 9.17) is 0 Å². The molecule has 1 unspecified atom stereocenters. The standard InChI is InChI=1S/C20H29N5O/c1-24(16-17-7-3-2-4-8-17)13-6-12-22-20(26)19-10-14-25(23-19)18-9-5-11-21-15-18/h2-4,7-8,10,14,18,21H,5-6,9,11-13,15-16H2,1H3,(H,22,26). The number of amides is 1. The predicted molar refractivity (Wildman–Crippen MR) is 103 cm³/mol.